The van der Waals surface area contributed by atoms with Crippen LogP contribution in [0.15, 0.2) is 53.6 Å². The summed E-state index contributed by atoms with van der Waals surface area (Å²) in [4.78, 5) is 24.7. The maximum Gasteiger partial charge on any atom is 0.388 e. The van der Waals surface area contributed by atoms with Crippen LogP contribution in [0, 0.1) is 5.82 Å². The number of sulfone groups is 1. The Kier molecular flexibility index (Phi) is 8.20. The lowest BCUT2D eigenvalue weighted by atomic mass is 10.1. The van der Waals surface area contributed by atoms with Gasteiger partial charge in [0, 0.05) is 35.7 Å². The van der Waals surface area contributed by atoms with Crippen molar-refractivity contribution < 1.29 is 44.6 Å². The molecule has 1 aliphatic rings. The maximum absolute atomic E-state index is 14.6. The molecule has 0 aliphatic carbocycles. The highest BCUT2D eigenvalue weighted by Crippen LogP contribution is 2.35. The van der Waals surface area contributed by atoms with Gasteiger partial charge in [-0.25, -0.2) is 27.2 Å². The summed E-state index contributed by atoms with van der Waals surface area (Å²) in [7, 11) is -4.57. The van der Waals surface area contributed by atoms with Crippen LogP contribution in [0.4, 0.5) is 22.0 Å². The molecule has 9 nitrogen and oxygen atoms in total. The number of rotatable bonds is 8. The molecular formula is C27H21F5N4O5S. The van der Waals surface area contributed by atoms with E-state index in [1.165, 1.54) is 24.4 Å². The molecule has 1 aliphatic heterocycles. The van der Waals surface area contributed by atoms with E-state index in [0.29, 0.717) is 16.6 Å². The molecule has 4 aromatic rings. The fourth-order valence-corrected chi connectivity index (χ4v) is 5.65. The van der Waals surface area contributed by atoms with Gasteiger partial charge in [0.1, 0.15) is 4.90 Å². The number of hydrogen-bond donors (Lipinski definition) is 1. The summed E-state index contributed by atoms with van der Waals surface area (Å²) in [6.45, 7) is -4.43. The lowest BCUT2D eigenvalue weighted by molar-refractivity contribution is -0.0525. The number of fused-ring (bicyclic) bond motifs is 2. The first kappa shape index (κ1) is 29.1. The predicted molar refractivity (Wildman–Crippen MR) is 139 cm³/mol. The fourth-order valence-electron chi connectivity index (χ4n) is 4.26. The molecule has 1 amide bonds. The lowest BCUT2D eigenvalue weighted by Crippen LogP contribution is -2.24. The Hall–Kier alpha value is -4.40. The number of aromatic nitrogens is 3. The van der Waals surface area contributed by atoms with Crippen LogP contribution >= 0.6 is 0 Å². The van der Waals surface area contributed by atoms with Crippen LogP contribution in [0.5, 0.6) is 11.6 Å². The van der Waals surface area contributed by atoms with Crippen molar-refractivity contribution in [3.8, 4) is 22.9 Å². The Balaban J connectivity index is 1.39. The van der Waals surface area contributed by atoms with E-state index < -0.39 is 63.3 Å². The van der Waals surface area contributed by atoms with E-state index in [0.717, 1.165) is 12.1 Å². The van der Waals surface area contributed by atoms with Crippen molar-refractivity contribution in [1.82, 2.24) is 20.3 Å². The lowest BCUT2D eigenvalue weighted by Gasteiger charge is -2.12. The van der Waals surface area contributed by atoms with Crippen molar-refractivity contribution >= 4 is 26.6 Å². The van der Waals surface area contributed by atoms with Gasteiger partial charge in [-0.15, -0.1) is 0 Å². The second kappa shape index (κ2) is 11.8. The second-order valence-electron chi connectivity index (χ2n) is 9.10. The summed E-state index contributed by atoms with van der Waals surface area (Å²) in [5.41, 5.74) is -1.41. The zero-order chi connectivity index (χ0) is 30.0. The number of aryl methyl sites for hydroxylation is 1. The number of ether oxygens (including phenoxy) is 2. The Morgan fingerprint density at radius 1 is 1.12 bits per heavy atom. The predicted octanol–water partition coefficient (Wildman–Crippen LogP) is 4.73. The molecule has 1 atom stereocenters. The van der Waals surface area contributed by atoms with E-state index in [1.807, 2.05) is 0 Å². The minimum Gasteiger partial charge on any atom is -0.489 e. The van der Waals surface area contributed by atoms with E-state index >= 15 is 0 Å². The molecule has 220 valence electrons. The smallest absolute Gasteiger partial charge is 0.388 e. The Labute approximate surface area is 235 Å². The zero-order valence-electron chi connectivity index (χ0n) is 21.5. The monoisotopic (exact) mass is 608 g/mol. The zero-order valence-corrected chi connectivity index (χ0v) is 22.3. The minimum atomic E-state index is -4.57. The van der Waals surface area contributed by atoms with Gasteiger partial charge < -0.3 is 14.8 Å². The molecule has 3 aromatic heterocycles. The summed E-state index contributed by atoms with van der Waals surface area (Å²) in [5, 5.41) is 3.07. The van der Waals surface area contributed by atoms with Gasteiger partial charge in [-0.1, -0.05) is 0 Å². The highest BCUT2D eigenvalue weighted by molar-refractivity contribution is 7.92. The second-order valence-corrected chi connectivity index (χ2v) is 11.1. The van der Waals surface area contributed by atoms with Crippen LogP contribution in [0.25, 0.3) is 22.2 Å². The molecule has 0 radical (unpaired) electrons. The minimum absolute atomic E-state index is 0.0795. The molecule has 1 aromatic carbocycles. The molecular weight excluding hydrogens is 587 g/mol. The number of nitrogens with zero attached hydrogens (tertiary/aromatic N) is 3. The molecule has 42 heavy (non-hydrogen) atoms. The average Bonchev–Trinajstić information content (AvgIpc) is 3.06. The number of alkyl halides is 4. The molecule has 0 saturated heterocycles. The van der Waals surface area contributed by atoms with Crippen LogP contribution in [-0.4, -0.2) is 54.7 Å². The number of hydrogen-bond acceptors (Lipinski definition) is 8. The van der Waals surface area contributed by atoms with Crippen LogP contribution in [0.1, 0.15) is 28.2 Å². The molecule has 4 heterocycles. The molecule has 5 rings (SSSR count). The van der Waals surface area contributed by atoms with Gasteiger partial charge >= 0.3 is 6.61 Å². The molecule has 1 N–H and O–H groups in total. The van der Waals surface area contributed by atoms with Crippen molar-refractivity contribution in [3.63, 3.8) is 0 Å². The average molecular weight is 609 g/mol. The molecule has 0 spiro atoms. The van der Waals surface area contributed by atoms with E-state index in [-0.39, 0.29) is 42.1 Å². The van der Waals surface area contributed by atoms with Crippen molar-refractivity contribution in [2.45, 2.75) is 36.4 Å². The number of carbonyl (C=O) groups excluding carboxylic acids is 1. The Morgan fingerprint density at radius 3 is 2.69 bits per heavy atom. The third-order valence-electron chi connectivity index (χ3n) is 6.31. The molecule has 15 heteroatoms. The van der Waals surface area contributed by atoms with Gasteiger partial charge in [-0.05, 0) is 42.5 Å². The highest BCUT2D eigenvalue weighted by atomic mass is 32.2. The summed E-state index contributed by atoms with van der Waals surface area (Å²) in [6.07, 6.45) is 0.896. The summed E-state index contributed by atoms with van der Waals surface area (Å²) in [6, 6.07) is 9.26. The Morgan fingerprint density at radius 2 is 1.93 bits per heavy atom. The normalized spacial score (nSPS) is 16.0. The van der Waals surface area contributed by atoms with Gasteiger partial charge in [0.25, 0.3) is 5.91 Å². The van der Waals surface area contributed by atoms with Crippen LogP contribution in [0.3, 0.4) is 0 Å². The van der Waals surface area contributed by atoms with Gasteiger partial charge in [0.05, 0.1) is 42.3 Å². The first-order chi connectivity index (χ1) is 20.1. The van der Waals surface area contributed by atoms with Gasteiger partial charge in [0.2, 0.25) is 21.2 Å². The van der Waals surface area contributed by atoms with Gasteiger partial charge in [0.15, 0.2) is 11.6 Å². The maximum atomic E-state index is 14.6. The fraction of sp³-hybridized carbons (Fsp3) is 0.259. The van der Waals surface area contributed by atoms with Crippen LogP contribution in [-0.2, 0) is 22.8 Å². The number of pyridine rings is 3. The molecule has 0 unspecified atom stereocenters. The first-order valence-corrected chi connectivity index (χ1v) is 14.0. The first-order valence-electron chi connectivity index (χ1n) is 12.5. The van der Waals surface area contributed by atoms with Gasteiger partial charge in [-0.2, -0.15) is 8.78 Å². The summed E-state index contributed by atoms with van der Waals surface area (Å²) < 4.78 is 102. The van der Waals surface area contributed by atoms with E-state index in [2.05, 4.69) is 25.0 Å². The largest absolute Gasteiger partial charge is 0.489 e. The van der Waals surface area contributed by atoms with E-state index in [9.17, 15) is 35.2 Å². The number of benzene rings is 1. The SMILES string of the molecule is O=C(NCc1cc2nc(-c3ccc(CCF)nc3OC(F)F)ccc2cn1)c1cc(F)c2c(c1)S(=O)(=O)[C@@H](F)CCO2. The highest BCUT2D eigenvalue weighted by Gasteiger charge is 2.35. The summed E-state index contributed by atoms with van der Waals surface area (Å²) >= 11 is 0. The standard InChI is InChI=1S/C27H21F5N4O5S/c28-7-5-16-2-3-18(26(35-16)41-27(31)32)20-4-1-14-12-33-17(11-21(14)36-20)13-34-25(37)15-9-19(29)24-22(10-15)42(38,39)23(30)6-8-40-24/h1-4,9-12,23,27H,5-8,13H2,(H,34,37)/t23-/m1/s1. The van der Waals surface area contributed by atoms with E-state index in [4.69, 9.17) is 4.74 Å². The number of halogens is 5. The van der Waals surface area contributed by atoms with Crippen molar-refractivity contribution in [1.29, 1.82) is 0 Å². The molecule has 0 fully saturated rings. The van der Waals surface area contributed by atoms with E-state index in [1.54, 1.807) is 12.1 Å². The topological polar surface area (TPSA) is 120 Å². The third kappa shape index (κ3) is 5.95. The number of carbonyl (C=O) groups is 1. The summed E-state index contributed by atoms with van der Waals surface area (Å²) in [5.74, 6) is -3.04. The van der Waals surface area contributed by atoms with Crippen molar-refractivity contribution in [3.05, 3.63) is 71.4 Å². The molecule has 0 bridgehead atoms. The molecule has 0 saturated carbocycles. The number of nitrogens with one attached hydrogen (secondary N) is 1. The quantitative estimate of drug-likeness (QED) is 0.285. The number of amides is 1. The van der Waals surface area contributed by atoms with Crippen molar-refractivity contribution in [2.24, 2.45) is 0 Å². The Bertz CT molecular complexity index is 1770. The third-order valence-corrected chi connectivity index (χ3v) is 8.14. The van der Waals surface area contributed by atoms with Crippen LogP contribution in [0.2, 0.25) is 0 Å². The van der Waals surface area contributed by atoms with Gasteiger partial charge in [-0.3, -0.25) is 14.2 Å². The van der Waals surface area contributed by atoms with Crippen LogP contribution < -0.4 is 14.8 Å². The van der Waals surface area contributed by atoms with Crippen molar-refractivity contribution in [2.75, 3.05) is 13.3 Å².